The average Bonchev–Trinajstić information content (AvgIpc) is 3.28. The van der Waals surface area contributed by atoms with Crippen molar-refractivity contribution in [3.05, 3.63) is 89.7 Å². The Bertz CT molecular complexity index is 1290. The number of methoxy groups -OCH3 is 1. The molecule has 6 nitrogen and oxygen atoms in total. The van der Waals surface area contributed by atoms with Crippen molar-refractivity contribution in [3.8, 4) is 11.5 Å². The molecule has 0 aliphatic rings. The number of benzene rings is 3. The van der Waals surface area contributed by atoms with Gasteiger partial charge in [0.15, 0.2) is 0 Å². The van der Waals surface area contributed by atoms with Gasteiger partial charge in [0.1, 0.15) is 17.3 Å². The first kappa shape index (κ1) is 26.3. The van der Waals surface area contributed by atoms with Gasteiger partial charge in [0.25, 0.3) is 5.91 Å². The molecule has 1 aromatic heterocycles. The van der Waals surface area contributed by atoms with Crippen LogP contribution in [-0.4, -0.2) is 35.7 Å². The Morgan fingerprint density at radius 2 is 1.70 bits per heavy atom. The molecule has 0 aliphatic heterocycles. The summed E-state index contributed by atoms with van der Waals surface area (Å²) in [5.74, 6) is 2.96. The van der Waals surface area contributed by atoms with Crippen LogP contribution >= 0.6 is 0 Å². The van der Waals surface area contributed by atoms with Crippen LogP contribution in [0.2, 0.25) is 0 Å². The molecule has 6 heteroatoms. The zero-order valence-corrected chi connectivity index (χ0v) is 22.1. The van der Waals surface area contributed by atoms with Gasteiger partial charge in [0.2, 0.25) is 0 Å². The highest BCUT2D eigenvalue weighted by molar-refractivity contribution is 5.96. The molecule has 1 N–H and O–H groups in total. The van der Waals surface area contributed by atoms with Crippen molar-refractivity contribution < 1.29 is 14.3 Å². The fourth-order valence-electron chi connectivity index (χ4n) is 4.45. The average molecular weight is 500 g/mol. The Kier molecular flexibility index (Phi) is 9.19. The molecule has 0 unspecified atom stereocenters. The maximum Gasteiger partial charge on any atom is 0.255 e. The van der Waals surface area contributed by atoms with Crippen molar-refractivity contribution in [1.29, 1.82) is 0 Å². The molecule has 1 heterocycles. The van der Waals surface area contributed by atoms with E-state index in [1.54, 1.807) is 19.2 Å². The Morgan fingerprint density at radius 1 is 0.946 bits per heavy atom. The smallest absolute Gasteiger partial charge is 0.255 e. The Labute approximate surface area is 219 Å². The van der Waals surface area contributed by atoms with E-state index in [9.17, 15) is 4.79 Å². The zero-order valence-electron chi connectivity index (χ0n) is 22.1. The molecule has 1 amide bonds. The van der Waals surface area contributed by atoms with Gasteiger partial charge in [-0.05, 0) is 67.1 Å². The van der Waals surface area contributed by atoms with Crippen LogP contribution in [0.4, 0.5) is 0 Å². The Balaban J connectivity index is 1.28. The van der Waals surface area contributed by atoms with E-state index in [-0.39, 0.29) is 5.91 Å². The number of para-hydroxylation sites is 3. The molecule has 0 radical (unpaired) electrons. The van der Waals surface area contributed by atoms with Gasteiger partial charge in [-0.2, -0.15) is 0 Å². The number of hydrogen-bond acceptors (Lipinski definition) is 4. The number of unbranched alkanes of at least 4 members (excludes halogenated alkanes) is 1. The number of nitrogens with one attached hydrogen (secondary N) is 1. The molecular weight excluding hydrogens is 462 g/mol. The van der Waals surface area contributed by atoms with Gasteiger partial charge in [-0.25, -0.2) is 4.98 Å². The van der Waals surface area contributed by atoms with Crippen molar-refractivity contribution in [2.24, 2.45) is 0 Å². The summed E-state index contributed by atoms with van der Waals surface area (Å²) in [5.41, 5.74) is 4.04. The second-order valence-electron chi connectivity index (χ2n) is 9.51. The number of hydrogen-bond donors (Lipinski definition) is 1. The summed E-state index contributed by atoms with van der Waals surface area (Å²) in [7, 11) is 1.58. The molecule has 4 aromatic rings. The first-order valence-corrected chi connectivity index (χ1v) is 13.1. The van der Waals surface area contributed by atoms with Crippen molar-refractivity contribution in [1.82, 2.24) is 14.9 Å². The van der Waals surface area contributed by atoms with Crippen LogP contribution in [0.25, 0.3) is 11.0 Å². The maximum absolute atomic E-state index is 12.6. The summed E-state index contributed by atoms with van der Waals surface area (Å²) < 4.78 is 13.6. The van der Waals surface area contributed by atoms with E-state index in [1.165, 1.54) is 5.56 Å². The molecule has 4 rings (SSSR count). The minimum Gasteiger partial charge on any atom is -0.496 e. The van der Waals surface area contributed by atoms with Crippen molar-refractivity contribution in [2.75, 3.05) is 20.3 Å². The molecule has 0 bridgehead atoms. The standard InChI is InChI=1S/C31H37N3O3/c1-23(2)24-16-18-25(19-17-24)37-22-9-8-21-34-28-13-6-5-12-27(28)33-30(34)15-10-20-32-31(35)26-11-4-7-14-29(26)36-3/h4-7,11-14,16-19,23H,8-10,15,20-22H2,1-3H3,(H,32,35). The second-order valence-corrected chi connectivity index (χ2v) is 9.51. The topological polar surface area (TPSA) is 65.4 Å². The fourth-order valence-corrected chi connectivity index (χ4v) is 4.45. The predicted octanol–water partition coefficient (Wildman–Crippen LogP) is 6.39. The lowest BCUT2D eigenvalue weighted by Gasteiger charge is -2.12. The number of carbonyl (C=O) groups is 1. The first-order valence-electron chi connectivity index (χ1n) is 13.1. The summed E-state index contributed by atoms with van der Waals surface area (Å²) in [6.07, 6.45) is 3.56. The minimum atomic E-state index is -0.121. The van der Waals surface area contributed by atoms with Crippen LogP contribution in [0, 0.1) is 0 Å². The van der Waals surface area contributed by atoms with Crippen LogP contribution < -0.4 is 14.8 Å². The number of imidazole rings is 1. The molecular formula is C31H37N3O3. The van der Waals surface area contributed by atoms with E-state index < -0.39 is 0 Å². The monoisotopic (exact) mass is 499 g/mol. The molecule has 0 saturated carbocycles. The highest BCUT2D eigenvalue weighted by atomic mass is 16.5. The molecule has 0 saturated heterocycles. The van der Waals surface area contributed by atoms with Crippen LogP contribution in [0.5, 0.6) is 11.5 Å². The number of carbonyl (C=O) groups excluding carboxylic acids is 1. The molecule has 0 fully saturated rings. The van der Waals surface area contributed by atoms with Gasteiger partial charge in [-0.3, -0.25) is 4.79 Å². The third-order valence-corrected chi connectivity index (χ3v) is 6.54. The normalized spacial score (nSPS) is 11.1. The second kappa shape index (κ2) is 12.9. The number of aromatic nitrogens is 2. The fraction of sp³-hybridized carbons (Fsp3) is 0.355. The van der Waals surface area contributed by atoms with Gasteiger partial charge in [-0.15, -0.1) is 0 Å². The summed E-state index contributed by atoms with van der Waals surface area (Å²) in [5, 5.41) is 3.01. The lowest BCUT2D eigenvalue weighted by atomic mass is 10.0. The summed E-state index contributed by atoms with van der Waals surface area (Å²) >= 11 is 0. The maximum atomic E-state index is 12.6. The highest BCUT2D eigenvalue weighted by Gasteiger charge is 2.13. The minimum absolute atomic E-state index is 0.121. The quantitative estimate of drug-likeness (QED) is 0.217. The molecule has 0 spiro atoms. The Morgan fingerprint density at radius 3 is 2.49 bits per heavy atom. The SMILES string of the molecule is COc1ccccc1C(=O)NCCCc1nc2ccccc2n1CCCCOc1ccc(C(C)C)cc1. The van der Waals surface area contributed by atoms with Gasteiger partial charge >= 0.3 is 0 Å². The molecule has 3 aromatic carbocycles. The summed E-state index contributed by atoms with van der Waals surface area (Å²) in [4.78, 5) is 17.5. The van der Waals surface area contributed by atoms with E-state index in [4.69, 9.17) is 14.5 Å². The van der Waals surface area contributed by atoms with Crippen molar-refractivity contribution >= 4 is 16.9 Å². The molecule has 0 atom stereocenters. The zero-order chi connectivity index (χ0) is 26.0. The van der Waals surface area contributed by atoms with Crippen LogP contribution in [0.1, 0.15) is 60.8 Å². The highest BCUT2D eigenvalue weighted by Crippen LogP contribution is 2.21. The number of amides is 1. The van der Waals surface area contributed by atoms with E-state index in [0.717, 1.165) is 54.8 Å². The summed E-state index contributed by atoms with van der Waals surface area (Å²) in [6, 6.07) is 23.9. The third-order valence-electron chi connectivity index (χ3n) is 6.54. The van der Waals surface area contributed by atoms with Gasteiger partial charge in [-0.1, -0.05) is 50.2 Å². The van der Waals surface area contributed by atoms with Gasteiger partial charge < -0.3 is 19.4 Å². The summed E-state index contributed by atoms with van der Waals surface area (Å²) in [6.45, 7) is 6.55. The largest absolute Gasteiger partial charge is 0.496 e. The number of aryl methyl sites for hydroxylation is 2. The molecule has 0 aliphatic carbocycles. The van der Waals surface area contributed by atoms with E-state index in [0.29, 0.717) is 30.4 Å². The van der Waals surface area contributed by atoms with Crippen molar-refractivity contribution in [2.45, 2.75) is 52.0 Å². The van der Waals surface area contributed by atoms with E-state index in [2.05, 4.69) is 66.2 Å². The lowest BCUT2D eigenvalue weighted by Crippen LogP contribution is -2.25. The number of nitrogens with zero attached hydrogens (tertiary/aromatic N) is 2. The van der Waals surface area contributed by atoms with Gasteiger partial charge in [0, 0.05) is 19.5 Å². The van der Waals surface area contributed by atoms with E-state index >= 15 is 0 Å². The first-order chi connectivity index (χ1) is 18.1. The number of ether oxygens (including phenoxy) is 2. The Hall–Kier alpha value is -3.80. The number of fused-ring (bicyclic) bond motifs is 1. The van der Waals surface area contributed by atoms with Crippen LogP contribution in [-0.2, 0) is 13.0 Å². The van der Waals surface area contributed by atoms with Gasteiger partial charge in [0.05, 0.1) is 30.3 Å². The van der Waals surface area contributed by atoms with E-state index in [1.807, 2.05) is 18.2 Å². The van der Waals surface area contributed by atoms with Crippen molar-refractivity contribution in [3.63, 3.8) is 0 Å². The molecule has 194 valence electrons. The lowest BCUT2D eigenvalue weighted by molar-refractivity contribution is 0.0950. The number of rotatable bonds is 13. The predicted molar refractivity (Wildman–Crippen MR) is 149 cm³/mol. The van der Waals surface area contributed by atoms with Crippen LogP contribution in [0.3, 0.4) is 0 Å². The molecule has 37 heavy (non-hydrogen) atoms. The third kappa shape index (κ3) is 6.91. The van der Waals surface area contributed by atoms with Crippen LogP contribution in [0.15, 0.2) is 72.8 Å².